The fourth-order valence-corrected chi connectivity index (χ4v) is 3.79. The number of aromatic nitrogens is 1. The van der Waals surface area contributed by atoms with Crippen LogP contribution in [0.1, 0.15) is 17.1 Å². The molecule has 2 heterocycles. The molecule has 0 radical (unpaired) electrons. The number of furan rings is 1. The number of hydrogen-bond donors (Lipinski definition) is 2. The first-order valence-corrected chi connectivity index (χ1v) is 8.53. The van der Waals surface area contributed by atoms with E-state index in [0.717, 1.165) is 16.5 Å². The molecule has 0 aliphatic carbocycles. The van der Waals surface area contributed by atoms with Crippen LogP contribution in [-0.4, -0.2) is 19.3 Å². The van der Waals surface area contributed by atoms with E-state index in [1.54, 1.807) is 20.0 Å². The molecule has 1 aromatic carbocycles. The number of hydrogen-bond acceptors (Lipinski definition) is 4. The first-order valence-electron chi connectivity index (χ1n) is 7.04. The summed E-state index contributed by atoms with van der Waals surface area (Å²) in [6, 6.07) is 8.93. The lowest BCUT2D eigenvalue weighted by Gasteiger charge is -2.05. The third-order valence-corrected chi connectivity index (χ3v) is 5.04. The molecule has 0 saturated heterocycles. The lowest BCUT2D eigenvalue weighted by molar-refractivity contribution is -0.118. The molecule has 0 aliphatic rings. The van der Waals surface area contributed by atoms with Gasteiger partial charge in [-0.25, -0.2) is 13.1 Å². The highest BCUT2D eigenvalue weighted by Crippen LogP contribution is 2.20. The van der Waals surface area contributed by atoms with Crippen LogP contribution in [0.4, 0.5) is 0 Å². The van der Waals surface area contributed by atoms with Crippen molar-refractivity contribution in [3.8, 4) is 0 Å². The number of aryl methyl sites for hydroxylation is 2. The smallest absolute Gasteiger partial charge is 0.267 e. The molecular formula is C16H16N2O4S. The molecule has 23 heavy (non-hydrogen) atoms. The molecular weight excluding hydrogens is 316 g/mol. The van der Waals surface area contributed by atoms with Crippen LogP contribution in [0.2, 0.25) is 0 Å². The lowest BCUT2D eigenvalue weighted by Crippen LogP contribution is -2.31. The Morgan fingerprint density at radius 1 is 1.26 bits per heavy atom. The second kappa shape index (κ2) is 5.58. The van der Waals surface area contributed by atoms with Gasteiger partial charge in [0, 0.05) is 23.2 Å². The van der Waals surface area contributed by atoms with Crippen molar-refractivity contribution in [2.24, 2.45) is 0 Å². The minimum absolute atomic E-state index is 0.0118. The van der Waals surface area contributed by atoms with Crippen molar-refractivity contribution in [1.29, 1.82) is 0 Å². The second-order valence-corrected chi connectivity index (χ2v) is 6.99. The van der Waals surface area contributed by atoms with Gasteiger partial charge in [-0.3, -0.25) is 4.79 Å². The number of carbonyl (C=O) groups excluding carboxylic acids is 1. The topological polar surface area (TPSA) is 92.2 Å². The maximum absolute atomic E-state index is 12.3. The molecule has 0 aliphatic heterocycles. The molecule has 2 aromatic heterocycles. The number of amides is 1. The van der Waals surface area contributed by atoms with Gasteiger partial charge in [-0.2, -0.15) is 0 Å². The fourth-order valence-electron chi connectivity index (χ4n) is 2.57. The van der Waals surface area contributed by atoms with Gasteiger partial charge in [0.15, 0.2) is 0 Å². The Hall–Kier alpha value is -2.54. The van der Waals surface area contributed by atoms with Gasteiger partial charge in [0.1, 0.15) is 16.4 Å². The molecule has 0 spiro atoms. The standard InChI is InChI=1S/C16H16N2O4S/c1-10-7-15(11(2)22-10)23(20,21)18-16(19)8-12-9-17-14-6-4-3-5-13(12)14/h3-7,9,17H,8H2,1-2H3,(H,18,19). The van der Waals surface area contributed by atoms with Crippen molar-refractivity contribution in [3.05, 3.63) is 53.6 Å². The van der Waals surface area contributed by atoms with Gasteiger partial charge in [0.2, 0.25) is 5.91 Å². The summed E-state index contributed by atoms with van der Waals surface area (Å²) < 4.78 is 31.8. The molecule has 0 saturated carbocycles. The largest absolute Gasteiger partial charge is 0.465 e. The van der Waals surface area contributed by atoms with E-state index in [9.17, 15) is 13.2 Å². The van der Waals surface area contributed by atoms with E-state index in [1.807, 2.05) is 24.3 Å². The van der Waals surface area contributed by atoms with Crippen molar-refractivity contribution in [2.45, 2.75) is 25.2 Å². The number of nitrogens with one attached hydrogen (secondary N) is 2. The summed E-state index contributed by atoms with van der Waals surface area (Å²) >= 11 is 0. The molecule has 1 amide bonds. The predicted octanol–water partition coefficient (Wildman–Crippen LogP) is 2.43. The number of fused-ring (bicyclic) bond motifs is 1. The Kier molecular flexibility index (Phi) is 3.73. The van der Waals surface area contributed by atoms with Crippen LogP contribution >= 0.6 is 0 Å². The maximum Gasteiger partial charge on any atom is 0.267 e. The minimum Gasteiger partial charge on any atom is -0.465 e. The molecule has 0 fully saturated rings. The highest BCUT2D eigenvalue weighted by atomic mass is 32.2. The molecule has 0 bridgehead atoms. The van der Waals surface area contributed by atoms with Crippen LogP contribution in [-0.2, 0) is 21.2 Å². The van der Waals surface area contributed by atoms with Crippen LogP contribution in [0, 0.1) is 13.8 Å². The number of rotatable bonds is 4. The van der Waals surface area contributed by atoms with E-state index in [1.165, 1.54) is 6.07 Å². The Bertz CT molecular complexity index is 983. The number of aromatic amines is 1. The van der Waals surface area contributed by atoms with Crippen molar-refractivity contribution < 1.29 is 17.6 Å². The van der Waals surface area contributed by atoms with E-state index in [-0.39, 0.29) is 17.1 Å². The highest BCUT2D eigenvalue weighted by Gasteiger charge is 2.23. The zero-order valence-electron chi connectivity index (χ0n) is 12.7. The zero-order chi connectivity index (χ0) is 16.6. The van der Waals surface area contributed by atoms with Crippen molar-refractivity contribution in [2.75, 3.05) is 0 Å². The lowest BCUT2D eigenvalue weighted by atomic mass is 10.1. The van der Waals surface area contributed by atoms with Gasteiger partial charge < -0.3 is 9.40 Å². The van der Waals surface area contributed by atoms with Gasteiger partial charge in [-0.05, 0) is 25.5 Å². The fraction of sp³-hybridized carbons (Fsp3) is 0.188. The van der Waals surface area contributed by atoms with Crippen LogP contribution in [0.15, 0.2) is 45.8 Å². The molecule has 120 valence electrons. The van der Waals surface area contributed by atoms with Gasteiger partial charge in [0.05, 0.1) is 6.42 Å². The van der Waals surface area contributed by atoms with Crippen molar-refractivity contribution >= 4 is 26.8 Å². The average molecular weight is 332 g/mol. The second-order valence-electron chi connectivity index (χ2n) is 5.34. The first-order chi connectivity index (χ1) is 10.9. The van der Waals surface area contributed by atoms with Gasteiger partial charge >= 0.3 is 0 Å². The Morgan fingerprint density at radius 3 is 2.70 bits per heavy atom. The number of H-pyrrole nitrogens is 1. The Morgan fingerprint density at radius 2 is 2.00 bits per heavy atom. The SMILES string of the molecule is Cc1cc(S(=O)(=O)NC(=O)Cc2c[nH]c3ccccc23)c(C)o1. The summed E-state index contributed by atoms with van der Waals surface area (Å²) in [7, 11) is -3.93. The molecule has 2 N–H and O–H groups in total. The third-order valence-electron chi connectivity index (χ3n) is 3.56. The molecule has 3 aromatic rings. The molecule has 0 unspecified atom stereocenters. The number of carbonyl (C=O) groups is 1. The normalized spacial score (nSPS) is 11.7. The van der Waals surface area contributed by atoms with Crippen LogP contribution in [0.5, 0.6) is 0 Å². The summed E-state index contributed by atoms with van der Waals surface area (Å²) in [6.07, 6.45) is 1.68. The molecule has 3 rings (SSSR count). The number of para-hydroxylation sites is 1. The molecule has 0 atom stereocenters. The van der Waals surface area contributed by atoms with Gasteiger partial charge in [-0.15, -0.1) is 0 Å². The highest BCUT2D eigenvalue weighted by molar-refractivity contribution is 7.90. The average Bonchev–Trinajstić information content (AvgIpc) is 3.02. The van der Waals surface area contributed by atoms with Crippen LogP contribution in [0.3, 0.4) is 0 Å². The number of benzene rings is 1. The Labute approximate surface area is 133 Å². The number of sulfonamides is 1. The third kappa shape index (κ3) is 3.00. The minimum atomic E-state index is -3.93. The first kappa shape index (κ1) is 15.4. The monoisotopic (exact) mass is 332 g/mol. The molecule has 7 heteroatoms. The summed E-state index contributed by atoms with van der Waals surface area (Å²) in [5.74, 6) is 0.148. The molecule has 6 nitrogen and oxygen atoms in total. The summed E-state index contributed by atoms with van der Waals surface area (Å²) in [4.78, 5) is 15.2. The Balaban J connectivity index is 1.80. The maximum atomic E-state index is 12.3. The van der Waals surface area contributed by atoms with Gasteiger partial charge in [-0.1, -0.05) is 18.2 Å². The van der Waals surface area contributed by atoms with E-state index in [2.05, 4.69) is 9.71 Å². The van der Waals surface area contributed by atoms with Crippen molar-refractivity contribution in [1.82, 2.24) is 9.71 Å². The van der Waals surface area contributed by atoms with E-state index in [0.29, 0.717) is 5.76 Å². The van der Waals surface area contributed by atoms with E-state index < -0.39 is 15.9 Å². The van der Waals surface area contributed by atoms with E-state index >= 15 is 0 Å². The zero-order valence-corrected chi connectivity index (χ0v) is 13.5. The van der Waals surface area contributed by atoms with E-state index in [4.69, 9.17) is 4.42 Å². The predicted molar refractivity (Wildman–Crippen MR) is 85.5 cm³/mol. The van der Waals surface area contributed by atoms with Crippen LogP contribution in [0.25, 0.3) is 10.9 Å². The summed E-state index contributed by atoms with van der Waals surface area (Å²) in [6.45, 7) is 3.20. The summed E-state index contributed by atoms with van der Waals surface area (Å²) in [5.41, 5.74) is 1.65. The quantitative estimate of drug-likeness (QED) is 0.767. The summed E-state index contributed by atoms with van der Waals surface area (Å²) in [5, 5.41) is 0.899. The van der Waals surface area contributed by atoms with Crippen LogP contribution < -0.4 is 4.72 Å². The van der Waals surface area contributed by atoms with Gasteiger partial charge in [0.25, 0.3) is 10.0 Å². The van der Waals surface area contributed by atoms with Crippen molar-refractivity contribution in [3.63, 3.8) is 0 Å².